The summed E-state index contributed by atoms with van der Waals surface area (Å²) in [6, 6.07) is 8.07. The maximum absolute atomic E-state index is 12.3. The Kier molecular flexibility index (Phi) is 5.76. The molecule has 0 saturated carbocycles. The van der Waals surface area contributed by atoms with E-state index in [2.05, 4.69) is 30.1 Å². The predicted octanol–water partition coefficient (Wildman–Crippen LogP) is 2.60. The SMILES string of the molecule is CC(C)c1ccccc1NC(=O)CN1CCCCC1CO. The Labute approximate surface area is 127 Å². The number of benzene rings is 1. The van der Waals surface area contributed by atoms with Crippen molar-refractivity contribution in [1.29, 1.82) is 0 Å². The van der Waals surface area contributed by atoms with Crippen LogP contribution >= 0.6 is 0 Å². The van der Waals surface area contributed by atoms with Crippen LogP contribution in [-0.4, -0.2) is 41.7 Å². The lowest BCUT2D eigenvalue weighted by atomic mass is 10.0. The molecule has 2 rings (SSSR count). The average Bonchev–Trinajstić information content (AvgIpc) is 2.48. The predicted molar refractivity (Wildman–Crippen MR) is 85.5 cm³/mol. The number of carbonyl (C=O) groups excluding carboxylic acids is 1. The van der Waals surface area contributed by atoms with Gasteiger partial charge in [-0.15, -0.1) is 0 Å². The van der Waals surface area contributed by atoms with Crippen molar-refractivity contribution in [2.24, 2.45) is 0 Å². The van der Waals surface area contributed by atoms with Crippen LogP contribution in [0.15, 0.2) is 24.3 Å². The third-order valence-electron chi connectivity index (χ3n) is 4.16. The monoisotopic (exact) mass is 290 g/mol. The number of aliphatic hydroxyl groups is 1. The van der Waals surface area contributed by atoms with E-state index in [1.807, 2.05) is 18.2 Å². The van der Waals surface area contributed by atoms with Gasteiger partial charge in [0.25, 0.3) is 0 Å². The second-order valence-corrected chi connectivity index (χ2v) is 6.09. The number of para-hydroxylation sites is 1. The van der Waals surface area contributed by atoms with Gasteiger partial charge in [-0.05, 0) is 36.9 Å². The van der Waals surface area contributed by atoms with E-state index in [-0.39, 0.29) is 18.6 Å². The Morgan fingerprint density at radius 2 is 2.14 bits per heavy atom. The van der Waals surface area contributed by atoms with Crippen LogP contribution in [0.3, 0.4) is 0 Å². The van der Waals surface area contributed by atoms with Crippen LogP contribution in [0.25, 0.3) is 0 Å². The normalized spacial score (nSPS) is 19.7. The molecular weight excluding hydrogens is 264 g/mol. The van der Waals surface area contributed by atoms with Gasteiger partial charge in [-0.2, -0.15) is 0 Å². The lowest BCUT2D eigenvalue weighted by Gasteiger charge is -2.33. The molecule has 1 unspecified atom stereocenters. The molecule has 1 aliphatic rings. The first-order chi connectivity index (χ1) is 10.1. The first kappa shape index (κ1) is 16.0. The summed E-state index contributed by atoms with van der Waals surface area (Å²) in [6.07, 6.45) is 3.22. The lowest BCUT2D eigenvalue weighted by molar-refractivity contribution is -0.118. The quantitative estimate of drug-likeness (QED) is 0.876. The number of likely N-dealkylation sites (tertiary alicyclic amines) is 1. The molecule has 1 saturated heterocycles. The smallest absolute Gasteiger partial charge is 0.238 e. The number of nitrogens with zero attached hydrogens (tertiary/aromatic N) is 1. The zero-order valence-corrected chi connectivity index (χ0v) is 13.0. The fourth-order valence-electron chi connectivity index (χ4n) is 2.96. The number of carbonyl (C=O) groups is 1. The van der Waals surface area contributed by atoms with Crippen molar-refractivity contribution >= 4 is 11.6 Å². The van der Waals surface area contributed by atoms with Gasteiger partial charge in [-0.3, -0.25) is 9.69 Å². The Morgan fingerprint density at radius 3 is 2.86 bits per heavy atom. The van der Waals surface area contributed by atoms with Crippen molar-refractivity contribution in [3.63, 3.8) is 0 Å². The molecule has 0 bridgehead atoms. The summed E-state index contributed by atoms with van der Waals surface area (Å²) in [7, 11) is 0. The zero-order valence-electron chi connectivity index (χ0n) is 13.0. The molecule has 4 heteroatoms. The van der Waals surface area contributed by atoms with E-state index in [1.165, 1.54) is 0 Å². The summed E-state index contributed by atoms with van der Waals surface area (Å²) in [5.41, 5.74) is 2.05. The molecule has 21 heavy (non-hydrogen) atoms. The fourth-order valence-corrected chi connectivity index (χ4v) is 2.96. The van der Waals surface area contributed by atoms with Gasteiger partial charge in [-0.25, -0.2) is 0 Å². The number of hydrogen-bond donors (Lipinski definition) is 2. The summed E-state index contributed by atoms with van der Waals surface area (Å²) >= 11 is 0. The maximum atomic E-state index is 12.3. The Morgan fingerprint density at radius 1 is 1.38 bits per heavy atom. The number of anilines is 1. The molecule has 1 atom stereocenters. The van der Waals surface area contributed by atoms with Gasteiger partial charge in [-0.1, -0.05) is 38.5 Å². The Hall–Kier alpha value is -1.39. The van der Waals surface area contributed by atoms with Crippen LogP contribution < -0.4 is 5.32 Å². The van der Waals surface area contributed by atoms with Crippen LogP contribution in [0.1, 0.15) is 44.6 Å². The first-order valence-electron chi connectivity index (χ1n) is 7.85. The molecular formula is C17H26N2O2. The number of amides is 1. The number of hydrogen-bond acceptors (Lipinski definition) is 3. The van der Waals surface area contributed by atoms with E-state index in [4.69, 9.17) is 0 Å². The molecule has 1 heterocycles. The van der Waals surface area contributed by atoms with Crippen LogP contribution in [-0.2, 0) is 4.79 Å². The standard InChI is InChI=1S/C17H26N2O2/c1-13(2)15-8-3-4-9-16(15)18-17(21)11-19-10-6-5-7-14(19)12-20/h3-4,8-9,13-14,20H,5-7,10-12H2,1-2H3,(H,18,21). The molecule has 0 radical (unpaired) electrons. The van der Waals surface area contributed by atoms with Crippen LogP contribution in [0, 0.1) is 0 Å². The molecule has 0 aliphatic carbocycles. The minimum absolute atomic E-state index is 0.00319. The topological polar surface area (TPSA) is 52.6 Å². The third-order valence-corrected chi connectivity index (χ3v) is 4.16. The average molecular weight is 290 g/mol. The van der Waals surface area contributed by atoms with E-state index in [0.717, 1.165) is 37.1 Å². The van der Waals surface area contributed by atoms with E-state index < -0.39 is 0 Å². The van der Waals surface area contributed by atoms with Gasteiger partial charge in [0, 0.05) is 11.7 Å². The molecule has 116 valence electrons. The second-order valence-electron chi connectivity index (χ2n) is 6.09. The van der Waals surface area contributed by atoms with Crippen molar-refractivity contribution < 1.29 is 9.90 Å². The fraction of sp³-hybridized carbons (Fsp3) is 0.588. The van der Waals surface area contributed by atoms with Gasteiger partial charge in [0.05, 0.1) is 13.2 Å². The van der Waals surface area contributed by atoms with E-state index in [9.17, 15) is 9.90 Å². The van der Waals surface area contributed by atoms with Gasteiger partial charge >= 0.3 is 0 Å². The summed E-state index contributed by atoms with van der Waals surface area (Å²) in [4.78, 5) is 14.4. The van der Waals surface area contributed by atoms with Crippen LogP contribution in [0.2, 0.25) is 0 Å². The largest absolute Gasteiger partial charge is 0.395 e. The summed E-state index contributed by atoms with van der Waals surface area (Å²) in [6.45, 7) is 5.63. The number of nitrogens with one attached hydrogen (secondary N) is 1. The summed E-state index contributed by atoms with van der Waals surface area (Å²) in [5, 5.41) is 12.4. The van der Waals surface area contributed by atoms with Crippen LogP contribution in [0.5, 0.6) is 0 Å². The first-order valence-corrected chi connectivity index (χ1v) is 7.85. The highest BCUT2D eigenvalue weighted by Gasteiger charge is 2.23. The van der Waals surface area contributed by atoms with E-state index >= 15 is 0 Å². The maximum Gasteiger partial charge on any atom is 0.238 e. The number of piperidine rings is 1. The minimum atomic E-state index is 0.00319. The summed E-state index contributed by atoms with van der Waals surface area (Å²) in [5.74, 6) is 0.380. The molecule has 1 aromatic carbocycles. The van der Waals surface area contributed by atoms with E-state index in [0.29, 0.717) is 12.5 Å². The van der Waals surface area contributed by atoms with Gasteiger partial charge in [0.2, 0.25) is 5.91 Å². The number of rotatable bonds is 5. The zero-order chi connectivity index (χ0) is 15.2. The van der Waals surface area contributed by atoms with E-state index in [1.54, 1.807) is 0 Å². The Balaban J connectivity index is 1.98. The van der Waals surface area contributed by atoms with Gasteiger partial charge in [0.1, 0.15) is 0 Å². The van der Waals surface area contributed by atoms with Crippen molar-refractivity contribution in [3.05, 3.63) is 29.8 Å². The van der Waals surface area contributed by atoms with Crippen molar-refractivity contribution in [3.8, 4) is 0 Å². The molecule has 0 spiro atoms. The minimum Gasteiger partial charge on any atom is -0.395 e. The highest BCUT2D eigenvalue weighted by Crippen LogP contribution is 2.24. The molecule has 1 amide bonds. The van der Waals surface area contributed by atoms with Gasteiger partial charge < -0.3 is 10.4 Å². The Bertz CT molecular complexity index is 474. The molecule has 1 aliphatic heterocycles. The molecule has 4 nitrogen and oxygen atoms in total. The highest BCUT2D eigenvalue weighted by atomic mass is 16.3. The molecule has 2 N–H and O–H groups in total. The second kappa shape index (κ2) is 7.57. The van der Waals surface area contributed by atoms with Crippen LogP contribution in [0.4, 0.5) is 5.69 Å². The molecule has 0 aromatic heterocycles. The molecule has 1 aromatic rings. The van der Waals surface area contributed by atoms with Gasteiger partial charge in [0.15, 0.2) is 0 Å². The van der Waals surface area contributed by atoms with Crippen molar-refractivity contribution in [1.82, 2.24) is 4.90 Å². The lowest BCUT2D eigenvalue weighted by Crippen LogP contribution is -2.45. The highest BCUT2D eigenvalue weighted by molar-refractivity contribution is 5.93. The third kappa shape index (κ3) is 4.29. The van der Waals surface area contributed by atoms with Crippen molar-refractivity contribution in [2.45, 2.75) is 45.1 Å². The van der Waals surface area contributed by atoms with Crippen molar-refractivity contribution in [2.75, 3.05) is 25.0 Å². The summed E-state index contributed by atoms with van der Waals surface area (Å²) < 4.78 is 0. The molecule has 1 fully saturated rings. The number of aliphatic hydroxyl groups excluding tert-OH is 1.